The molecule has 0 unspecified atom stereocenters. The summed E-state index contributed by atoms with van der Waals surface area (Å²) in [6, 6.07) is 5.56. The second kappa shape index (κ2) is 8.47. The van der Waals surface area contributed by atoms with Gasteiger partial charge in [0, 0.05) is 6.04 Å². The molecule has 0 radical (unpaired) electrons. The molecule has 0 spiro atoms. The van der Waals surface area contributed by atoms with Gasteiger partial charge in [-0.05, 0) is 64.1 Å². The van der Waals surface area contributed by atoms with E-state index in [1.807, 2.05) is 6.07 Å². The number of hydrogen-bond donors (Lipinski definition) is 4. The number of hydrogen-bond acceptors (Lipinski definition) is 6. The highest BCUT2D eigenvalue weighted by Gasteiger charge is 2.28. The molecule has 8 heteroatoms. The molecule has 1 saturated heterocycles. The number of rotatable bonds is 5. The van der Waals surface area contributed by atoms with Gasteiger partial charge in [-0.1, -0.05) is 6.07 Å². The predicted octanol–water partition coefficient (Wildman–Crippen LogP) is 2.38. The number of nitrogens with one attached hydrogen (secondary N) is 2. The van der Waals surface area contributed by atoms with E-state index in [1.54, 1.807) is 19.1 Å². The Morgan fingerprint density at radius 2 is 2.00 bits per heavy atom. The van der Waals surface area contributed by atoms with Gasteiger partial charge in [-0.2, -0.15) is 0 Å². The van der Waals surface area contributed by atoms with Crippen molar-refractivity contribution in [3.63, 3.8) is 0 Å². The van der Waals surface area contributed by atoms with E-state index in [-0.39, 0.29) is 35.3 Å². The molecule has 5 N–H and O–H groups in total. The largest absolute Gasteiger partial charge is 0.490 e. The zero-order valence-electron chi connectivity index (χ0n) is 17.1. The van der Waals surface area contributed by atoms with Gasteiger partial charge in [-0.3, -0.25) is 9.78 Å². The fourth-order valence-electron chi connectivity index (χ4n) is 4.52. The molecule has 0 bridgehead atoms. The Morgan fingerprint density at radius 1 is 1.23 bits per heavy atom. The van der Waals surface area contributed by atoms with E-state index in [1.165, 1.54) is 0 Å². The fraction of sp³-hybridized carbons (Fsp3) is 0.500. The minimum absolute atomic E-state index is 0.0117. The molecule has 1 aromatic heterocycles. The molecule has 1 saturated carbocycles. The van der Waals surface area contributed by atoms with Crippen LogP contribution in [0.2, 0.25) is 0 Å². The number of anilines is 1. The third-order valence-corrected chi connectivity index (χ3v) is 6.10. The zero-order chi connectivity index (χ0) is 21.3. The molecular weight excluding hydrogens is 384 g/mol. The Kier molecular flexibility index (Phi) is 5.76. The number of nitrogens with zero attached hydrogens (tertiary/aromatic N) is 1. The molecular formula is C22H28N4O4. The number of amides is 1. The van der Waals surface area contributed by atoms with Crippen molar-refractivity contribution < 1.29 is 19.4 Å². The quantitative estimate of drug-likeness (QED) is 0.594. The van der Waals surface area contributed by atoms with Crippen molar-refractivity contribution in [2.45, 2.75) is 63.6 Å². The maximum atomic E-state index is 12.3. The molecule has 2 aliphatic rings. The molecule has 2 heterocycles. The third-order valence-electron chi connectivity index (χ3n) is 6.10. The predicted molar refractivity (Wildman–Crippen MR) is 114 cm³/mol. The van der Waals surface area contributed by atoms with Crippen LogP contribution in [0.25, 0.3) is 10.9 Å². The maximum absolute atomic E-state index is 12.3. The van der Waals surface area contributed by atoms with Crippen LogP contribution in [-0.2, 0) is 4.79 Å². The lowest BCUT2D eigenvalue weighted by Crippen LogP contribution is -2.47. The summed E-state index contributed by atoms with van der Waals surface area (Å²) in [6.07, 6.45) is 5.25. The summed E-state index contributed by atoms with van der Waals surface area (Å²) in [7, 11) is 0. The van der Waals surface area contributed by atoms with E-state index in [0.29, 0.717) is 22.3 Å². The maximum Gasteiger partial charge on any atom is 0.339 e. The molecule has 1 aromatic carbocycles. The second-order valence-corrected chi connectivity index (χ2v) is 8.19. The van der Waals surface area contributed by atoms with Gasteiger partial charge in [-0.15, -0.1) is 0 Å². The summed E-state index contributed by atoms with van der Waals surface area (Å²) in [5.74, 6) is -0.439. The standard InChI is InChI=1S/C22H28N4O4/c1-12-18(22(28)29)20(23)19-15(25-12)4-2-6-17(19)30-14-9-7-13(8-10-14)26-21(27)16-5-3-11-24-16/h2,4,6,13-14,16,24H,3,5,7-11H2,1H3,(H2,23,25)(H,26,27)(H,28,29)/t13?,14?,16-/m0/s1. The second-order valence-electron chi connectivity index (χ2n) is 8.19. The summed E-state index contributed by atoms with van der Waals surface area (Å²) in [5.41, 5.74) is 7.42. The molecule has 8 nitrogen and oxygen atoms in total. The van der Waals surface area contributed by atoms with Crippen LogP contribution in [0.4, 0.5) is 5.69 Å². The number of ether oxygens (including phenoxy) is 1. The highest BCUT2D eigenvalue weighted by molar-refractivity contribution is 6.06. The van der Waals surface area contributed by atoms with E-state index in [2.05, 4.69) is 15.6 Å². The molecule has 2 aromatic rings. The average Bonchev–Trinajstić information content (AvgIpc) is 3.24. The van der Waals surface area contributed by atoms with E-state index < -0.39 is 5.97 Å². The van der Waals surface area contributed by atoms with Crippen LogP contribution in [0.1, 0.15) is 54.6 Å². The van der Waals surface area contributed by atoms with Crippen molar-refractivity contribution >= 4 is 28.5 Å². The van der Waals surface area contributed by atoms with Crippen LogP contribution in [0.3, 0.4) is 0 Å². The Balaban J connectivity index is 1.44. The number of carbonyl (C=O) groups excluding carboxylic acids is 1. The normalized spacial score (nSPS) is 24.0. The Hall–Kier alpha value is -2.87. The van der Waals surface area contributed by atoms with Crippen molar-refractivity contribution in [2.24, 2.45) is 0 Å². The van der Waals surface area contributed by atoms with E-state index in [9.17, 15) is 14.7 Å². The topological polar surface area (TPSA) is 127 Å². The lowest BCUT2D eigenvalue weighted by Gasteiger charge is -2.30. The van der Waals surface area contributed by atoms with Crippen molar-refractivity contribution in [3.8, 4) is 5.75 Å². The van der Waals surface area contributed by atoms with Crippen LogP contribution in [0, 0.1) is 6.92 Å². The van der Waals surface area contributed by atoms with Gasteiger partial charge in [0.15, 0.2) is 0 Å². The van der Waals surface area contributed by atoms with Crippen molar-refractivity contribution in [1.29, 1.82) is 0 Å². The number of carbonyl (C=O) groups is 2. The van der Waals surface area contributed by atoms with E-state index in [0.717, 1.165) is 45.1 Å². The Labute approximate surface area is 175 Å². The Morgan fingerprint density at radius 3 is 2.67 bits per heavy atom. The van der Waals surface area contributed by atoms with Crippen LogP contribution < -0.4 is 21.1 Å². The lowest BCUT2D eigenvalue weighted by atomic mass is 9.92. The van der Waals surface area contributed by atoms with Gasteiger partial charge < -0.3 is 26.2 Å². The first kappa shape index (κ1) is 20.4. The van der Waals surface area contributed by atoms with Gasteiger partial charge in [0.25, 0.3) is 0 Å². The minimum Gasteiger partial charge on any atom is -0.490 e. The highest BCUT2D eigenvalue weighted by atomic mass is 16.5. The van der Waals surface area contributed by atoms with Gasteiger partial charge in [-0.25, -0.2) is 4.79 Å². The van der Waals surface area contributed by atoms with Gasteiger partial charge >= 0.3 is 5.97 Å². The molecule has 1 amide bonds. The number of carboxylic acid groups (broad SMARTS) is 1. The van der Waals surface area contributed by atoms with Crippen LogP contribution >= 0.6 is 0 Å². The molecule has 30 heavy (non-hydrogen) atoms. The third kappa shape index (κ3) is 4.05. The highest BCUT2D eigenvalue weighted by Crippen LogP contribution is 2.35. The summed E-state index contributed by atoms with van der Waals surface area (Å²) >= 11 is 0. The Bertz CT molecular complexity index is 963. The lowest BCUT2D eigenvalue weighted by molar-refractivity contribution is -0.123. The van der Waals surface area contributed by atoms with Gasteiger partial charge in [0.1, 0.15) is 11.3 Å². The molecule has 160 valence electrons. The number of fused-ring (bicyclic) bond motifs is 1. The van der Waals surface area contributed by atoms with Crippen LogP contribution in [-0.4, -0.2) is 46.7 Å². The van der Waals surface area contributed by atoms with E-state index >= 15 is 0 Å². The summed E-state index contributed by atoms with van der Waals surface area (Å²) in [6.45, 7) is 2.55. The molecule has 1 aliphatic heterocycles. The summed E-state index contributed by atoms with van der Waals surface area (Å²) in [5, 5.41) is 16.4. The van der Waals surface area contributed by atoms with Crippen molar-refractivity contribution in [2.75, 3.05) is 12.3 Å². The number of pyridine rings is 1. The molecule has 1 atom stereocenters. The summed E-state index contributed by atoms with van der Waals surface area (Å²) < 4.78 is 6.24. The molecule has 1 aliphatic carbocycles. The first-order valence-electron chi connectivity index (χ1n) is 10.6. The first-order chi connectivity index (χ1) is 14.4. The van der Waals surface area contributed by atoms with Gasteiger partial charge in [0.05, 0.1) is 34.4 Å². The van der Waals surface area contributed by atoms with Gasteiger partial charge in [0.2, 0.25) is 5.91 Å². The van der Waals surface area contributed by atoms with Crippen molar-refractivity contribution in [1.82, 2.24) is 15.6 Å². The number of benzene rings is 1. The number of nitrogens with two attached hydrogens (primary N) is 1. The van der Waals surface area contributed by atoms with E-state index in [4.69, 9.17) is 10.5 Å². The summed E-state index contributed by atoms with van der Waals surface area (Å²) in [4.78, 5) is 28.3. The first-order valence-corrected chi connectivity index (χ1v) is 10.6. The van der Waals surface area contributed by atoms with Crippen LogP contribution in [0.5, 0.6) is 5.75 Å². The average molecular weight is 412 g/mol. The number of aromatic carboxylic acids is 1. The molecule has 4 rings (SSSR count). The number of carboxylic acids is 1. The van der Waals surface area contributed by atoms with Crippen molar-refractivity contribution in [3.05, 3.63) is 29.5 Å². The number of aryl methyl sites for hydroxylation is 1. The number of aromatic nitrogens is 1. The minimum atomic E-state index is -1.10. The molecule has 2 fully saturated rings. The van der Waals surface area contributed by atoms with Crippen LogP contribution in [0.15, 0.2) is 18.2 Å². The SMILES string of the molecule is Cc1nc2cccc(OC3CCC(NC(=O)[C@@H]4CCCN4)CC3)c2c(N)c1C(=O)O. The smallest absolute Gasteiger partial charge is 0.339 e. The zero-order valence-corrected chi connectivity index (χ0v) is 17.1. The number of nitrogen functional groups attached to an aromatic ring is 1. The fourth-order valence-corrected chi connectivity index (χ4v) is 4.52. The monoisotopic (exact) mass is 412 g/mol.